The van der Waals surface area contributed by atoms with E-state index in [9.17, 15) is 4.55 Å². The van der Waals surface area contributed by atoms with Crippen LogP contribution in [0.2, 0.25) is 10.2 Å². The van der Waals surface area contributed by atoms with Gasteiger partial charge in [0.2, 0.25) is 0 Å². The highest BCUT2D eigenvalue weighted by Gasteiger charge is 2.26. The van der Waals surface area contributed by atoms with Crippen LogP contribution >= 0.6 is 23.2 Å². The first-order chi connectivity index (χ1) is 12.3. The molecular weight excluding hydrogens is 389 g/mol. The number of rotatable bonds is 3. The van der Waals surface area contributed by atoms with E-state index in [4.69, 9.17) is 28.2 Å². The first kappa shape index (κ1) is 19.1. The van der Waals surface area contributed by atoms with Crippen LogP contribution in [-0.4, -0.2) is 25.5 Å². The monoisotopic (exact) mass is 405 g/mol. The zero-order valence-corrected chi connectivity index (χ0v) is 16.9. The first-order valence-corrected chi connectivity index (χ1v) is 9.79. The molecule has 3 rings (SSSR count). The lowest BCUT2D eigenvalue weighted by Crippen LogP contribution is -2.25. The van der Waals surface area contributed by atoms with E-state index < -0.39 is 16.1 Å². The number of nitrogens with zero attached hydrogens (tertiary/aromatic N) is 3. The largest absolute Gasteiger partial charge is 0.591 e. The quantitative estimate of drug-likeness (QED) is 0.329. The van der Waals surface area contributed by atoms with Gasteiger partial charge in [0, 0.05) is 22.7 Å². The van der Waals surface area contributed by atoms with E-state index in [0.717, 1.165) is 16.5 Å². The van der Waals surface area contributed by atoms with Gasteiger partial charge >= 0.3 is 0 Å². The molecule has 0 fully saturated rings. The zero-order valence-electron chi connectivity index (χ0n) is 14.5. The van der Waals surface area contributed by atoms with Gasteiger partial charge in [0.25, 0.3) is 0 Å². The molecule has 4 nitrogen and oxygen atoms in total. The third kappa shape index (κ3) is 4.18. The molecule has 0 aliphatic heterocycles. The second-order valence-electron chi connectivity index (χ2n) is 6.70. The molecule has 2 aromatic heterocycles. The van der Waals surface area contributed by atoms with Crippen LogP contribution in [0.3, 0.4) is 0 Å². The van der Waals surface area contributed by atoms with Crippen molar-refractivity contribution in [1.29, 1.82) is 0 Å². The molecule has 0 saturated heterocycles. The molecule has 1 aromatic carbocycles. The summed E-state index contributed by atoms with van der Waals surface area (Å²) in [5.74, 6) is 0. The van der Waals surface area contributed by atoms with Crippen molar-refractivity contribution in [3.05, 3.63) is 58.3 Å². The lowest BCUT2D eigenvalue weighted by Gasteiger charge is -2.18. The molecule has 0 N–H and O–H groups in total. The van der Waals surface area contributed by atoms with Gasteiger partial charge in [-0.05, 0) is 45.0 Å². The first-order valence-electron chi connectivity index (χ1n) is 7.93. The van der Waals surface area contributed by atoms with Gasteiger partial charge in [0.05, 0.1) is 22.4 Å². The smallest absolute Gasteiger partial charge is 0.144 e. The van der Waals surface area contributed by atoms with Gasteiger partial charge in [0.1, 0.15) is 21.3 Å². The van der Waals surface area contributed by atoms with Gasteiger partial charge in [-0.2, -0.15) is 0 Å². The summed E-state index contributed by atoms with van der Waals surface area (Å²) in [6, 6.07) is 11.0. The minimum atomic E-state index is -1.37. The lowest BCUT2D eigenvalue weighted by atomic mass is 10.1. The topological polar surface area (TPSA) is 61.2 Å². The average Bonchev–Trinajstić information content (AvgIpc) is 2.59. The summed E-state index contributed by atoms with van der Waals surface area (Å²) in [7, 11) is 0. The van der Waals surface area contributed by atoms with Crippen LogP contribution in [0, 0.1) is 0 Å². The van der Waals surface area contributed by atoms with Crippen molar-refractivity contribution in [2.24, 2.45) is 4.40 Å². The molecule has 0 saturated carbocycles. The number of fused-ring (bicyclic) bond motifs is 1. The molecule has 0 amide bonds. The van der Waals surface area contributed by atoms with Crippen molar-refractivity contribution >= 4 is 51.7 Å². The van der Waals surface area contributed by atoms with E-state index in [2.05, 4.69) is 9.38 Å². The predicted octanol–water partition coefficient (Wildman–Crippen LogP) is 5.48. The summed E-state index contributed by atoms with van der Waals surface area (Å²) in [6.07, 6.45) is 3.24. The highest BCUT2D eigenvalue weighted by molar-refractivity contribution is 7.91. The van der Waals surface area contributed by atoms with Crippen LogP contribution in [0.1, 0.15) is 26.3 Å². The van der Waals surface area contributed by atoms with Crippen LogP contribution in [-0.2, 0) is 11.4 Å². The van der Waals surface area contributed by atoms with Crippen molar-refractivity contribution in [3.63, 3.8) is 0 Å². The molecule has 134 valence electrons. The number of hydrogen-bond acceptors (Lipinski definition) is 4. The molecule has 7 heteroatoms. The Morgan fingerprint density at radius 1 is 1.15 bits per heavy atom. The summed E-state index contributed by atoms with van der Waals surface area (Å²) in [5.41, 5.74) is 2.86. The fourth-order valence-corrected chi connectivity index (χ4v) is 3.15. The molecule has 3 aromatic rings. The Balaban J connectivity index is 2.17. The molecule has 1 unspecified atom stereocenters. The van der Waals surface area contributed by atoms with Crippen molar-refractivity contribution < 1.29 is 4.55 Å². The van der Waals surface area contributed by atoms with Crippen LogP contribution < -0.4 is 0 Å². The number of para-hydroxylation sites is 1. The summed E-state index contributed by atoms with van der Waals surface area (Å²) < 4.78 is 16.1. The van der Waals surface area contributed by atoms with Crippen LogP contribution in [0.4, 0.5) is 0 Å². The van der Waals surface area contributed by atoms with Crippen LogP contribution in [0.5, 0.6) is 0 Å². The Bertz CT molecular complexity index is 969. The number of halogens is 2. The third-order valence-electron chi connectivity index (χ3n) is 3.64. The summed E-state index contributed by atoms with van der Waals surface area (Å²) >= 11 is 10.8. The molecule has 0 aliphatic carbocycles. The Morgan fingerprint density at radius 3 is 2.58 bits per heavy atom. The molecule has 26 heavy (non-hydrogen) atoms. The Morgan fingerprint density at radius 2 is 1.92 bits per heavy atom. The van der Waals surface area contributed by atoms with E-state index in [1.165, 1.54) is 0 Å². The number of aromatic nitrogens is 2. The highest BCUT2D eigenvalue weighted by atomic mass is 35.5. The van der Waals surface area contributed by atoms with Crippen molar-refractivity contribution in [2.45, 2.75) is 25.5 Å². The normalized spacial score (nSPS) is 13.5. The standard InChI is InChI=1S/C19H17Cl2N3OS/c1-19(2,3)26(25)23-11-14-9-12-5-4-6-15(20)18(12)24-17(14)13-7-8-16(21)22-10-13/h4-11H,1-3H3/b23-11+. The average molecular weight is 406 g/mol. The molecule has 0 bridgehead atoms. The molecule has 1 atom stereocenters. The minimum Gasteiger partial charge on any atom is -0.591 e. The fraction of sp³-hybridized carbons (Fsp3) is 0.211. The molecular formula is C19H17Cl2N3OS. The van der Waals surface area contributed by atoms with Gasteiger partial charge < -0.3 is 4.55 Å². The second-order valence-corrected chi connectivity index (χ2v) is 9.43. The van der Waals surface area contributed by atoms with E-state index in [1.54, 1.807) is 24.5 Å². The third-order valence-corrected chi connectivity index (χ3v) is 5.51. The molecule has 0 aliphatic rings. The van der Waals surface area contributed by atoms with Gasteiger partial charge in [0.15, 0.2) is 0 Å². The van der Waals surface area contributed by atoms with Crippen molar-refractivity contribution in [2.75, 3.05) is 0 Å². The van der Waals surface area contributed by atoms with E-state index in [-0.39, 0.29) is 0 Å². The molecule has 2 heterocycles. The highest BCUT2D eigenvalue weighted by Crippen LogP contribution is 2.29. The maximum absolute atomic E-state index is 12.3. The maximum Gasteiger partial charge on any atom is 0.144 e. The van der Waals surface area contributed by atoms with Crippen molar-refractivity contribution in [3.8, 4) is 11.3 Å². The maximum atomic E-state index is 12.3. The van der Waals surface area contributed by atoms with Gasteiger partial charge in [-0.15, -0.1) is 0 Å². The fourth-order valence-electron chi connectivity index (χ4n) is 2.29. The SMILES string of the molecule is CC(C)(C)[S+]([O-])/N=C/c1cc2cccc(Cl)c2nc1-c1ccc(Cl)nc1. The van der Waals surface area contributed by atoms with E-state index >= 15 is 0 Å². The van der Waals surface area contributed by atoms with Crippen LogP contribution in [0.25, 0.3) is 22.2 Å². The zero-order chi connectivity index (χ0) is 18.9. The number of hydrogen-bond donors (Lipinski definition) is 0. The number of benzene rings is 1. The van der Waals surface area contributed by atoms with Crippen LogP contribution in [0.15, 0.2) is 47.0 Å². The van der Waals surface area contributed by atoms with Crippen molar-refractivity contribution in [1.82, 2.24) is 9.97 Å². The van der Waals surface area contributed by atoms with Gasteiger partial charge in [-0.1, -0.05) is 39.7 Å². The minimum absolute atomic E-state index is 0.400. The second kappa shape index (κ2) is 7.53. The summed E-state index contributed by atoms with van der Waals surface area (Å²) in [5, 5.41) is 1.84. The number of pyridine rings is 2. The van der Waals surface area contributed by atoms with Gasteiger partial charge in [-0.3, -0.25) is 0 Å². The van der Waals surface area contributed by atoms with E-state index in [0.29, 0.717) is 21.4 Å². The Hall–Kier alpha value is -1.66. The lowest BCUT2D eigenvalue weighted by molar-refractivity contribution is 0.562. The predicted molar refractivity (Wildman–Crippen MR) is 110 cm³/mol. The summed E-state index contributed by atoms with van der Waals surface area (Å²) in [6.45, 7) is 5.63. The summed E-state index contributed by atoms with van der Waals surface area (Å²) in [4.78, 5) is 8.83. The molecule has 0 radical (unpaired) electrons. The Kier molecular flexibility index (Phi) is 5.53. The molecule has 0 spiro atoms. The van der Waals surface area contributed by atoms with Gasteiger partial charge in [-0.25, -0.2) is 9.97 Å². The Labute approximate surface area is 165 Å². The van der Waals surface area contributed by atoms with E-state index in [1.807, 2.05) is 45.0 Å².